The van der Waals surface area contributed by atoms with Crippen molar-refractivity contribution in [1.29, 1.82) is 0 Å². The fourth-order valence-corrected chi connectivity index (χ4v) is 6.94. The van der Waals surface area contributed by atoms with Gasteiger partial charge in [-0.1, -0.05) is 34.6 Å². The first kappa shape index (κ1) is 56.1. The first-order chi connectivity index (χ1) is 29.8. The van der Waals surface area contributed by atoms with E-state index in [9.17, 15) is 48.6 Å². The van der Waals surface area contributed by atoms with Crippen LogP contribution in [0.2, 0.25) is 0 Å². The van der Waals surface area contributed by atoms with Crippen molar-refractivity contribution in [2.45, 2.75) is 104 Å². The van der Waals surface area contributed by atoms with E-state index in [0.717, 1.165) is 30.8 Å². The minimum Gasteiger partial charge on any atom is -0.480 e. The Hall–Kier alpha value is -4.95. The van der Waals surface area contributed by atoms with Gasteiger partial charge in [0, 0.05) is 69.7 Å². The van der Waals surface area contributed by atoms with Crippen LogP contribution in [0.1, 0.15) is 103 Å². The van der Waals surface area contributed by atoms with Gasteiger partial charge in [0.1, 0.15) is 18.7 Å². The number of hydrogen-bond donors (Lipinski definition) is 9. The summed E-state index contributed by atoms with van der Waals surface area (Å²) in [6.07, 6.45) is 3.62. The zero-order valence-electron chi connectivity index (χ0n) is 37.8. The third kappa shape index (κ3) is 27.7. The normalized spacial score (nSPS) is 12.3. The second kappa shape index (κ2) is 31.0. The van der Waals surface area contributed by atoms with Crippen LogP contribution in [0.3, 0.4) is 0 Å². The van der Waals surface area contributed by atoms with Crippen LogP contribution in [-0.4, -0.2) is 141 Å². The molecule has 0 heterocycles. The van der Waals surface area contributed by atoms with Gasteiger partial charge in [-0.25, -0.2) is 9.59 Å². The van der Waals surface area contributed by atoms with Crippen LogP contribution < -0.4 is 37.2 Å². The highest BCUT2D eigenvalue weighted by atomic mass is 32.2. The summed E-state index contributed by atoms with van der Waals surface area (Å²) in [4.78, 5) is 98.0. The highest BCUT2D eigenvalue weighted by Crippen LogP contribution is 2.36. The van der Waals surface area contributed by atoms with E-state index in [-0.39, 0.29) is 101 Å². The van der Waals surface area contributed by atoms with Crippen LogP contribution in [0.4, 0.5) is 5.69 Å². The molecule has 0 spiro atoms. The smallest absolute Gasteiger partial charge is 0.326 e. The van der Waals surface area contributed by atoms with Gasteiger partial charge in [-0.15, -0.1) is 0 Å². The number of anilines is 1. The number of carboxylic acid groups (broad SMARTS) is 2. The van der Waals surface area contributed by atoms with E-state index in [1.54, 1.807) is 23.9 Å². The van der Waals surface area contributed by atoms with Crippen LogP contribution in [0.15, 0.2) is 24.3 Å². The molecule has 6 amide bonds. The van der Waals surface area contributed by atoms with Crippen LogP contribution >= 0.6 is 11.8 Å². The van der Waals surface area contributed by atoms with Gasteiger partial charge in [0.05, 0.1) is 19.8 Å². The third-order valence-electron chi connectivity index (χ3n) is 9.33. The van der Waals surface area contributed by atoms with Crippen molar-refractivity contribution in [3.05, 3.63) is 29.8 Å². The number of benzene rings is 1. The monoisotopic (exact) mass is 909 g/mol. The molecule has 356 valence electrons. The van der Waals surface area contributed by atoms with E-state index in [1.807, 2.05) is 46.1 Å². The van der Waals surface area contributed by atoms with E-state index < -0.39 is 47.2 Å². The molecule has 0 aliphatic heterocycles. The maximum Gasteiger partial charge on any atom is 0.326 e. The number of rotatable bonds is 35. The number of ether oxygens (including phenoxy) is 2. The first-order valence-corrected chi connectivity index (χ1v) is 22.8. The van der Waals surface area contributed by atoms with Gasteiger partial charge in [0.2, 0.25) is 29.5 Å². The molecule has 0 aliphatic carbocycles. The Bertz CT molecular complexity index is 1610. The minimum atomic E-state index is -1.41. The fourth-order valence-electron chi connectivity index (χ4n) is 6.51. The standard InChI is InChI=1S/C43H71N7O12S/c1-7-18-44-31-12-10-30(11-13-31)39(56)47-20-19-45-38(55)27-62-24-23-61-22-21-46-35(52)16-14-32(40(57)58)49-36(53)17-15-33(41(59)60)50-37(54)26-42(2,3)28-43(4,5)29-48-34(51)9-8-25-63-6/h10-13,32-33,44H,7-9,14-29H2,1-6H3,(H,45,55)(H,46,52)(H,47,56)(H,48,51)(H,49,53)(H,50,54)(H,57,58)(H,59,60). The number of hydrogen-bond acceptors (Lipinski definition) is 12. The number of amides is 6. The molecule has 2 atom stereocenters. The maximum absolute atomic E-state index is 12.9. The van der Waals surface area contributed by atoms with E-state index in [2.05, 4.69) is 44.1 Å². The molecule has 0 saturated carbocycles. The SMILES string of the molecule is CCCNc1ccc(C(=O)NCCNC(=O)COCCOCCNC(=O)CCC(NC(=O)CCC(NC(=O)CC(C)(C)CC(C)(C)CNC(=O)CCCSC)C(=O)O)C(=O)O)cc1. The molecule has 0 radical (unpaired) electrons. The summed E-state index contributed by atoms with van der Waals surface area (Å²) in [6, 6.07) is 4.31. The van der Waals surface area contributed by atoms with Crippen molar-refractivity contribution in [2.24, 2.45) is 10.8 Å². The minimum absolute atomic E-state index is 0.00199. The molecule has 19 nitrogen and oxygen atoms in total. The number of nitrogens with one attached hydrogen (secondary N) is 7. The second-order valence-electron chi connectivity index (χ2n) is 16.7. The molecule has 20 heteroatoms. The Morgan fingerprint density at radius 3 is 1.84 bits per heavy atom. The molecule has 1 aromatic rings. The van der Waals surface area contributed by atoms with E-state index in [0.29, 0.717) is 24.9 Å². The highest BCUT2D eigenvalue weighted by Gasteiger charge is 2.32. The Balaban J connectivity index is 2.28. The molecule has 63 heavy (non-hydrogen) atoms. The van der Waals surface area contributed by atoms with Crippen molar-refractivity contribution in [1.82, 2.24) is 31.9 Å². The molecular formula is C43H71N7O12S. The van der Waals surface area contributed by atoms with Gasteiger partial charge in [0.25, 0.3) is 5.91 Å². The van der Waals surface area contributed by atoms with Gasteiger partial charge in [-0.3, -0.25) is 28.8 Å². The van der Waals surface area contributed by atoms with E-state index in [4.69, 9.17) is 9.47 Å². The lowest BCUT2D eigenvalue weighted by Crippen LogP contribution is -2.45. The third-order valence-corrected chi connectivity index (χ3v) is 10.0. The molecule has 0 fully saturated rings. The van der Waals surface area contributed by atoms with Gasteiger partial charge in [-0.05, 0) is 79.2 Å². The van der Waals surface area contributed by atoms with Gasteiger partial charge < -0.3 is 56.9 Å². The average Bonchev–Trinajstić information content (AvgIpc) is 3.21. The Kier molecular flexibility index (Phi) is 27.6. The summed E-state index contributed by atoms with van der Waals surface area (Å²) < 4.78 is 10.7. The first-order valence-electron chi connectivity index (χ1n) is 21.4. The van der Waals surface area contributed by atoms with E-state index in [1.165, 1.54) is 0 Å². The number of aliphatic carboxylic acids is 2. The lowest BCUT2D eigenvalue weighted by molar-refractivity contribution is -0.143. The predicted octanol–water partition coefficient (Wildman–Crippen LogP) is 2.30. The summed E-state index contributed by atoms with van der Waals surface area (Å²) in [7, 11) is 0. The Labute approximate surface area is 375 Å². The van der Waals surface area contributed by atoms with Gasteiger partial charge in [-0.2, -0.15) is 11.8 Å². The highest BCUT2D eigenvalue weighted by molar-refractivity contribution is 7.98. The number of carboxylic acids is 2. The molecule has 0 aliphatic rings. The van der Waals surface area contributed by atoms with Crippen LogP contribution in [0, 0.1) is 10.8 Å². The lowest BCUT2D eigenvalue weighted by Gasteiger charge is -2.35. The zero-order valence-corrected chi connectivity index (χ0v) is 38.6. The quantitative estimate of drug-likeness (QED) is 0.0443. The molecule has 2 unspecified atom stereocenters. The number of carbonyl (C=O) groups excluding carboxylic acids is 6. The molecule has 0 bridgehead atoms. The zero-order chi connectivity index (χ0) is 47.3. The summed E-state index contributed by atoms with van der Waals surface area (Å²) in [5.74, 6) is -4.22. The molecule has 1 rings (SSSR count). The second-order valence-corrected chi connectivity index (χ2v) is 17.7. The fraction of sp³-hybridized carbons (Fsp3) is 0.674. The summed E-state index contributed by atoms with van der Waals surface area (Å²) in [6.45, 7) is 11.8. The van der Waals surface area contributed by atoms with Crippen molar-refractivity contribution in [3.63, 3.8) is 0 Å². The van der Waals surface area contributed by atoms with Crippen molar-refractivity contribution < 1.29 is 58.0 Å². The summed E-state index contributed by atoms with van der Waals surface area (Å²) in [5, 5.41) is 38.3. The summed E-state index contributed by atoms with van der Waals surface area (Å²) in [5.41, 5.74) is 0.554. The topological polar surface area (TPSA) is 280 Å². The Morgan fingerprint density at radius 1 is 0.651 bits per heavy atom. The maximum atomic E-state index is 12.9. The van der Waals surface area contributed by atoms with Crippen molar-refractivity contribution in [2.75, 3.05) is 76.5 Å². The van der Waals surface area contributed by atoms with Crippen LogP contribution in [0.5, 0.6) is 0 Å². The average molecular weight is 910 g/mol. The van der Waals surface area contributed by atoms with Gasteiger partial charge >= 0.3 is 11.9 Å². The lowest BCUT2D eigenvalue weighted by atomic mass is 9.73. The molecule has 0 aromatic heterocycles. The molecular weight excluding hydrogens is 839 g/mol. The molecule has 0 saturated heterocycles. The molecule has 1 aromatic carbocycles. The Morgan fingerprint density at radius 2 is 1.22 bits per heavy atom. The largest absolute Gasteiger partial charge is 0.480 e. The van der Waals surface area contributed by atoms with Crippen molar-refractivity contribution >= 4 is 64.8 Å². The van der Waals surface area contributed by atoms with Crippen LogP contribution in [0.25, 0.3) is 0 Å². The molecule has 9 N–H and O–H groups in total. The summed E-state index contributed by atoms with van der Waals surface area (Å²) >= 11 is 1.68. The van der Waals surface area contributed by atoms with E-state index >= 15 is 0 Å². The predicted molar refractivity (Wildman–Crippen MR) is 240 cm³/mol. The number of carbonyl (C=O) groups is 8. The number of thioether (sulfide) groups is 1. The van der Waals surface area contributed by atoms with Crippen LogP contribution in [-0.2, 0) is 43.0 Å². The van der Waals surface area contributed by atoms with Crippen molar-refractivity contribution in [3.8, 4) is 0 Å². The van der Waals surface area contributed by atoms with Gasteiger partial charge in [0.15, 0.2) is 0 Å².